The molecule has 0 bridgehead atoms. The maximum Gasteiger partial charge on any atom is 0.253 e. The number of amides is 1. The molecule has 6 heteroatoms. The van der Waals surface area contributed by atoms with Gasteiger partial charge in [0.25, 0.3) is 5.91 Å². The quantitative estimate of drug-likeness (QED) is 0.478. The zero-order valence-electron chi connectivity index (χ0n) is 15.2. The smallest absolute Gasteiger partial charge is 0.253 e. The van der Waals surface area contributed by atoms with E-state index in [1.54, 1.807) is 12.1 Å². The van der Waals surface area contributed by atoms with Crippen molar-refractivity contribution in [3.05, 3.63) is 83.9 Å². The van der Waals surface area contributed by atoms with Crippen molar-refractivity contribution in [1.29, 1.82) is 0 Å². The Labute approximate surface area is 162 Å². The molecule has 4 N–H and O–H groups in total. The van der Waals surface area contributed by atoms with Gasteiger partial charge in [0.2, 0.25) is 0 Å². The minimum atomic E-state index is -0.166. The minimum Gasteiger partial charge on any atom is -0.457 e. The number of carbonyl (C=O) groups excluding carboxylic acids is 1. The van der Waals surface area contributed by atoms with Crippen LogP contribution in [0.25, 0.3) is 11.0 Å². The van der Waals surface area contributed by atoms with Crippen molar-refractivity contribution in [3.8, 4) is 11.5 Å². The number of ether oxygens (including phenoxy) is 1. The number of aromatic nitrogens is 2. The number of aromatic amines is 1. The fourth-order valence-corrected chi connectivity index (χ4v) is 3.00. The maximum atomic E-state index is 12.5. The molecule has 0 fully saturated rings. The summed E-state index contributed by atoms with van der Waals surface area (Å²) in [6.07, 6.45) is 0.718. The Bertz CT molecular complexity index is 1090. The average Bonchev–Trinajstić information content (AvgIpc) is 3.10. The van der Waals surface area contributed by atoms with Gasteiger partial charge in [-0.2, -0.15) is 0 Å². The number of hydrogen-bond acceptors (Lipinski definition) is 4. The summed E-state index contributed by atoms with van der Waals surface area (Å²) in [6.45, 7) is 0.522. The Morgan fingerprint density at radius 2 is 1.71 bits per heavy atom. The van der Waals surface area contributed by atoms with Crippen LogP contribution in [-0.4, -0.2) is 22.4 Å². The number of fused-ring (bicyclic) bond motifs is 1. The summed E-state index contributed by atoms with van der Waals surface area (Å²) in [4.78, 5) is 19.6. The second-order valence-electron chi connectivity index (χ2n) is 6.39. The zero-order chi connectivity index (χ0) is 19.3. The molecule has 140 valence electrons. The van der Waals surface area contributed by atoms with Gasteiger partial charge in [0.15, 0.2) is 5.95 Å². The van der Waals surface area contributed by atoms with Crippen molar-refractivity contribution >= 4 is 22.9 Å². The van der Waals surface area contributed by atoms with Gasteiger partial charge in [0, 0.05) is 6.54 Å². The summed E-state index contributed by atoms with van der Waals surface area (Å²) in [7, 11) is 0. The molecule has 4 aromatic rings. The van der Waals surface area contributed by atoms with Crippen LogP contribution in [-0.2, 0) is 6.42 Å². The SMILES string of the molecule is Nc1nc2c(C(=O)NCCc3ccc(Oc4ccccc4)cc3)cccc2[nH]1. The number of para-hydroxylation sites is 2. The number of nitrogen functional groups attached to an aromatic ring is 1. The van der Waals surface area contributed by atoms with E-state index in [4.69, 9.17) is 10.5 Å². The van der Waals surface area contributed by atoms with E-state index in [1.807, 2.05) is 60.7 Å². The Hall–Kier alpha value is -3.80. The fraction of sp³-hybridized carbons (Fsp3) is 0.0909. The molecule has 4 rings (SSSR count). The molecule has 28 heavy (non-hydrogen) atoms. The lowest BCUT2D eigenvalue weighted by Gasteiger charge is -2.08. The molecule has 0 aliphatic carbocycles. The maximum absolute atomic E-state index is 12.5. The normalized spacial score (nSPS) is 10.7. The molecule has 0 atom stereocenters. The highest BCUT2D eigenvalue weighted by atomic mass is 16.5. The van der Waals surface area contributed by atoms with Gasteiger partial charge in [0.1, 0.15) is 17.0 Å². The van der Waals surface area contributed by atoms with E-state index < -0.39 is 0 Å². The van der Waals surface area contributed by atoms with Gasteiger partial charge in [0.05, 0.1) is 11.1 Å². The van der Waals surface area contributed by atoms with E-state index >= 15 is 0 Å². The third-order valence-corrected chi connectivity index (χ3v) is 4.38. The molecule has 1 amide bonds. The molecule has 0 spiro atoms. The standard InChI is InChI=1S/C22H20N4O2/c23-22-25-19-8-4-7-18(20(19)26-22)21(27)24-14-13-15-9-11-17(12-10-15)28-16-5-2-1-3-6-16/h1-12H,13-14H2,(H,24,27)(H3,23,25,26). The number of rotatable bonds is 6. The third kappa shape index (κ3) is 3.96. The van der Waals surface area contributed by atoms with Crippen molar-refractivity contribution < 1.29 is 9.53 Å². The lowest BCUT2D eigenvalue weighted by molar-refractivity contribution is 0.0955. The summed E-state index contributed by atoms with van der Waals surface area (Å²) in [5, 5.41) is 2.94. The number of nitrogens with two attached hydrogens (primary N) is 1. The highest BCUT2D eigenvalue weighted by Gasteiger charge is 2.12. The number of anilines is 1. The van der Waals surface area contributed by atoms with E-state index in [2.05, 4.69) is 15.3 Å². The molecule has 0 aliphatic rings. The molecule has 0 saturated heterocycles. The van der Waals surface area contributed by atoms with Gasteiger partial charge in [-0.15, -0.1) is 0 Å². The Morgan fingerprint density at radius 1 is 0.964 bits per heavy atom. The van der Waals surface area contributed by atoms with E-state index in [-0.39, 0.29) is 5.91 Å². The largest absolute Gasteiger partial charge is 0.457 e. The average molecular weight is 372 g/mol. The Balaban J connectivity index is 1.34. The van der Waals surface area contributed by atoms with Crippen LogP contribution in [0.15, 0.2) is 72.8 Å². The van der Waals surface area contributed by atoms with Crippen molar-refractivity contribution in [3.63, 3.8) is 0 Å². The lowest BCUT2D eigenvalue weighted by atomic mass is 10.1. The van der Waals surface area contributed by atoms with Crippen molar-refractivity contribution in [2.24, 2.45) is 0 Å². The predicted molar refractivity (Wildman–Crippen MR) is 110 cm³/mol. The first-order chi connectivity index (χ1) is 13.7. The third-order valence-electron chi connectivity index (χ3n) is 4.38. The van der Waals surface area contributed by atoms with Gasteiger partial charge in [-0.05, 0) is 48.4 Å². The summed E-state index contributed by atoms with van der Waals surface area (Å²) in [6, 6.07) is 22.9. The van der Waals surface area contributed by atoms with Crippen LogP contribution >= 0.6 is 0 Å². The summed E-state index contributed by atoms with van der Waals surface area (Å²) in [5.74, 6) is 1.71. The Kier molecular flexibility index (Phi) is 4.93. The molecule has 0 saturated carbocycles. The predicted octanol–water partition coefficient (Wildman–Crippen LogP) is 3.91. The first kappa shape index (κ1) is 17.6. The molecule has 6 nitrogen and oxygen atoms in total. The van der Waals surface area contributed by atoms with Crippen molar-refractivity contribution in [1.82, 2.24) is 15.3 Å². The number of nitrogens with zero attached hydrogens (tertiary/aromatic N) is 1. The molecular formula is C22H20N4O2. The summed E-state index contributed by atoms with van der Waals surface area (Å²) < 4.78 is 5.79. The molecule has 3 aromatic carbocycles. The highest BCUT2D eigenvalue weighted by molar-refractivity contribution is 6.05. The molecule has 1 aromatic heterocycles. The zero-order valence-corrected chi connectivity index (χ0v) is 15.2. The lowest BCUT2D eigenvalue weighted by Crippen LogP contribution is -2.25. The van der Waals surface area contributed by atoms with Crippen molar-refractivity contribution in [2.75, 3.05) is 12.3 Å². The monoisotopic (exact) mass is 372 g/mol. The van der Waals surface area contributed by atoms with Crippen LogP contribution in [0, 0.1) is 0 Å². The number of imidazole rings is 1. The first-order valence-corrected chi connectivity index (χ1v) is 9.03. The fourth-order valence-electron chi connectivity index (χ4n) is 3.00. The molecule has 0 unspecified atom stereocenters. The van der Waals surface area contributed by atoms with Gasteiger partial charge in [-0.25, -0.2) is 4.98 Å². The molecular weight excluding hydrogens is 352 g/mol. The van der Waals surface area contributed by atoms with E-state index in [1.165, 1.54) is 0 Å². The van der Waals surface area contributed by atoms with Gasteiger partial charge >= 0.3 is 0 Å². The number of hydrogen-bond donors (Lipinski definition) is 3. The van der Waals surface area contributed by atoms with Gasteiger partial charge in [-0.1, -0.05) is 36.4 Å². The topological polar surface area (TPSA) is 93.0 Å². The molecule has 0 radical (unpaired) electrons. The number of benzene rings is 3. The molecule has 0 aliphatic heterocycles. The number of nitrogens with one attached hydrogen (secondary N) is 2. The van der Waals surface area contributed by atoms with Gasteiger partial charge < -0.3 is 20.8 Å². The number of H-pyrrole nitrogens is 1. The second-order valence-corrected chi connectivity index (χ2v) is 6.39. The first-order valence-electron chi connectivity index (χ1n) is 9.03. The number of carbonyl (C=O) groups is 1. The van der Waals surface area contributed by atoms with Gasteiger partial charge in [-0.3, -0.25) is 4.79 Å². The van der Waals surface area contributed by atoms with E-state index in [0.29, 0.717) is 23.6 Å². The summed E-state index contributed by atoms with van der Waals surface area (Å²) >= 11 is 0. The van der Waals surface area contributed by atoms with Crippen LogP contribution in [0.3, 0.4) is 0 Å². The molecule has 1 heterocycles. The minimum absolute atomic E-state index is 0.166. The van der Waals surface area contributed by atoms with Crippen LogP contribution < -0.4 is 15.8 Å². The van der Waals surface area contributed by atoms with Crippen LogP contribution in [0.2, 0.25) is 0 Å². The van der Waals surface area contributed by atoms with Crippen LogP contribution in [0.4, 0.5) is 5.95 Å². The Morgan fingerprint density at radius 3 is 2.50 bits per heavy atom. The van der Waals surface area contributed by atoms with E-state index in [0.717, 1.165) is 29.0 Å². The second kappa shape index (κ2) is 7.84. The van der Waals surface area contributed by atoms with Crippen LogP contribution in [0.1, 0.15) is 15.9 Å². The van der Waals surface area contributed by atoms with E-state index in [9.17, 15) is 4.79 Å². The van der Waals surface area contributed by atoms with Crippen LogP contribution in [0.5, 0.6) is 11.5 Å². The highest BCUT2D eigenvalue weighted by Crippen LogP contribution is 2.21. The summed E-state index contributed by atoms with van der Waals surface area (Å²) in [5.41, 5.74) is 8.65. The van der Waals surface area contributed by atoms with Crippen molar-refractivity contribution in [2.45, 2.75) is 6.42 Å².